The first-order chi connectivity index (χ1) is 18.3. The van der Waals surface area contributed by atoms with E-state index in [-0.39, 0.29) is 17.3 Å². The van der Waals surface area contributed by atoms with Gasteiger partial charge in [-0.1, -0.05) is 78.9 Å². The number of nitrogens with zero attached hydrogens (tertiary/aromatic N) is 1. The molecule has 0 aromatic heterocycles. The number of aliphatic carboxylic acids is 1. The number of likely N-dealkylation sites (tertiary alicyclic amines) is 1. The van der Waals surface area contributed by atoms with Crippen LogP contribution in [0.2, 0.25) is 0 Å². The van der Waals surface area contributed by atoms with Crippen LogP contribution >= 0.6 is 0 Å². The molecule has 0 unspecified atom stereocenters. The number of piperidine rings is 1. The van der Waals surface area contributed by atoms with E-state index < -0.39 is 11.6 Å². The Labute approximate surface area is 225 Å². The smallest absolute Gasteiger partial charge is 0.331 e. The van der Waals surface area contributed by atoms with Crippen molar-refractivity contribution in [2.45, 2.75) is 45.1 Å². The first-order valence-electron chi connectivity index (χ1n) is 13.4. The molecule has 0 aliphatic carbocycles. The lowest BCUT2D eigenvalue weighted by atomic mass is 9.72. The van der Waals surface area contributed by atoms with Crippen LogP contribution in [-0.4, -0.2) is 46.5 Å². The van der Waals surface area contributed by atoms with E-state index in [0.29, 0.717) is 17.6 Å². The molecule has 3 aromatic rings. The highest BCUT2D eigenvalue weighted by Gasteiger charge is 2.41. The largest absolute Gasteiger partial charge is 0.478 e. The van der Waals surface area contributed by atoms with Crippen molar-refractivity contribution >= 4 is 17.3 Å². The molecule has 198 valence electrons. The fourth-order valence-corrected chi connectivity index (χ4v) is 5.51. The van der Waals surface area contributed by atoms with Gasteiger partial charge in [0.05, 0.1) is 0 Å². The number of Topliss-reactive ketones (excluding diaryl/α,β-unsaturated/α-hetero) is 1. The van der Waals surface area contributed by atoms with Crippen LogP contribution in [0.5, 0.6) is 0 Å². The topological polar surface area (TPSA) is 77.8 Å². The van der Waals surface area contributed by atoms with Crippen LogP contribution in [0, 0.1) is 5.92 Å². The Morgan fingerprint density at radius 1 is 0.842 bits per heavy atom. The van der Waals surface area contributed by atoms with Crippen LogP contribution in [0.3, 0.4) is 0 Å². The fourth-order valence-electron chi connectivity index (χ4n) is 5.51. The summed E-state index contributed by atoms with van der Waals surface area (Å²) in [7, 11) is 0. The summed E-state index contributed by atoms with van der Waals surface area (Å²) in [6.45, 7) is 5.96. The van der Waals surface area contributed by atoms with Crippen LogP contribution in [0.4, 0.5) is 0 Å². The summed E-state index contributed by atoms with van der Waals surface area (Å²) in [5, 5.41) is 21.3. The number of ketones is 1. The second kappa shape index (κ2) is 12.3. The highest BCUT2D eigenvalue weighted by Crippen LogP contribution is 2.41. The average molecular weight is 512 g/mol. The fraction of sp³-hybridized carbons (Fsp3) is 0.333. The van der Waals surface area contributed by atoms with Crippen molar-refractivity contribution in [1.82, 2.24) is 4.90 Å². The third-order valence-electron chi connectivity index (χ3n) is 7.99. The molecule has 0 bridgehead atoms. The Morgan fingerprint density at radius 2 is 1.39 bits per heavy atom. The third-order valence-corrected chi connectivity index (χ3v) is 7.99. The molecule has 2 N–H and O–H groups in total. The van der Waals surface area contributed by atoms with Gasteiger partial charge in [-0.05, 0) is 87.0 Å². The highest BCUT2D eigenvalue weighted by atomic mass is 16.4. The van der Waals surface area contributed by atoms with Gasteiger partial charge >= 0.3 is 5.97 Å². The zero-order valence-corrected chi connectivity index (χ0v) is 22.3. The van der Waals surface area contributed by atoms with Gasteiger partial charge in [-0.2, -0.15) is 0 Å². The minimum atomic E-state index is -1.03. The maximum Gasteiger partial charge on any atom is 0.331 e. The molecule has 0 atom stereocenters. The second-order valence-electron chi connectivity index (χ2n) is 10.3. The molecular formula is C33H37NO4. The van der Waals surface area contributed by atoms with E-state index in [9.17, 15) is 19.8 Å². The summed E-state index contributed by atoms with van der Waals surface area (Å²) < 4.78 is 0. The summed E-state index contributed by atoms with van der Waals surface area (Å²) in [4.78, 5) is 26.6. The Morgan fingerprint density at radius 3 is 1.95 bits per heavy atom. The maximum absolute atomic E-state index is 12.9. The number of hydrogen-bond donors (Lipinski definition) is 2. The van der Waals surface area contributed by atoms with Crippen molar-refractivity contribution in [3.05, 3.63) is 113 Å². The van der Waals surface area contributed by atoms with Gasteiger partial charge in [-0.3, -0.25) is 4.79 Å². The number of benzene rings is 3. The molecule has 1 aliphatic rings. The lowest BCUT2D eigenvalue weighted by molar-refractivity contribution is -0.132. The molecule has 0 saturated carbocycles. The zero-order valence-electron chi connectivity index (χ0n) is 22.3. The standard InChI is InChI=1S/C33H37NO4/c1-24(25(2)32(36)37)26-11-9-12-27(23-26)31(35)17-10-20-34-21-18-30(19-22-34)33(38,28-13-5-3-6-14-28)29-15-7-4-8-16-29/h3-9,11-16,23,30,38H,10,17-22H2,1-2H3,(H,36,37). The van der Waals surface area contributed by atoms with Gasteiger partial charge < -0.3 is 15.1 Å². The number of allylic oxidation sites excluding steroid dienone is 1. The Hall–Kier alpha value is -3.54. The van der Waals surface area contributed by atoms with E-state index in [0.717, 1.165) is 55.6 Å². The van der Waals surface area contributed by atoms with Gasteiger partial charge in [-0.15, -0.1) is 0 Å². The molecule has 5 nitrogen and oxygen atoms in total. The Balaban J connectivity index is 1.34. The monoisotopic (exact) mass is 511 g/mol. The van der Waals surface area contributed by atoms with E-state index in [4.69, 9.17) is 0 Å². The van der Waals surface area contributed by atoms with Gasteiger partial charge in [0.2, 0.25) is 0 Å². The molecule has 0 spiro atoms. The third kappa shape index (κ3) is 6.12. The van der Waals surface area contributed by atoms with E-state index in [1.807, 2.05) is 72.8 Å². The number of carbonyl (C=O) groups is 2. The molecule has 1 fully saturated rings. The predicted molar refractivity (Wildman–Crippen MR) is 151 cm³/mol. The second-order valence-corrected chi connectivity index (χ2v) is 10.3. The Bertz CT molecular complexity index is 1240. The van der Waals surface area contributed by atoms with Crippen molar-refractivity contribution in [3.63, 3.8) is 0 Å². The minimum Gasteiger partial charge on any atom is -0.478 e. The number of aliphatic hydroxyl groups is 1. The van der Waals surface area contributed by atoms with Crippen molar-refractivity contribution < 1.29 is 19.8 Å². The molecule has 38 heavy (non-hydrogen) atoms. The quantitative estimate of drug-likeness (QED) is 0.251. The van der Waals surface area contributed by atoms with Gasteiger partial charge in [0.15, 0.2) is 5.78 Å². The molecule has 4 rings (SSSR count). The van der Waals surface area contributed by atoms with Crippen molar-refractivity contribution in [2.75, 3.05) is 19.6 Å². The first-order valence-corrected chi connectivity index (χ1v) is 13.4. The SMILES string of the molecule is CC(C(=O)O)=C(C)c1cccc(C(=O)CCCN2CCC(C(O)(c3ccccc3)c3ccccc3)CC2)c1. The van der Waals surface area contributed by atoms with E-state index in [1.165, 1.54) is 0 Å². The van der Waals surface area contributed by atoms with Crippen LogP contribution < -0.4 is 0 Å². The first kappa shape index (κ1) is 27.5. The Kier molecular flexibility index (Phi) is 8.93. The predicted octanol–water partition coefficient (Wildman–Crippen LogP) is 6.18. The van der Waals surface area contributed by atoms with E-state index >= 15 is 0 Å². The molecule has 0 amide bonds. The van der Waals surface area contributed by atoms with Crippen LogP contribution in [0.1, 0.15) is 66.6 Å². The number of carbonyl (C=O) groups excluding carboxylic acids is 1. The van der Waals surface area contributed by atoms with E-state index in [1.54, 1.807) is 26.0 Å². The van der Waals surface area contributed by atoms with Gasteiger partial charge in [0.25, 0.3) is 0 Å². The van der Waals surface area contributed by atoms with Crippen LogP contribution in [0.25, 0.3) is 5.57 Å². The van der Waals surface area contributed by atoms with Gasteiger partial charge in [-0.25, -0.2) is 4.79 Å². The molecule has 1 saturated heterocycles. The van der Waals surface area contributed by atoms with Gasteiger partial charge in [0, 0.05) is 17.6 Å². The number of hydrogen-bond acceptors (Lipinski definition) is 4. The van der Waals surface area contributed by atoms with Crippen LogP contribution in [-0.2, 0) is 10.4 Å². The molecule has 1 heterocycles. The molecule has 0 radical (unpaired) electrons. The van der Waals surface area contributed by atoms with Crippen molar-refractivity contribution in [3.8, 4) is 0 Å². The highest BCUT2D eigenvalue weighted by molar-refractivity contribution is 5.98. The lowest BCUT2D eigenvalue weighted by Gasteiger charge is -2.42. The van der Waals surface area contributed by atoms with Gasteiger partial charge in [0.1, 0.15) is 5.60 Å². The van der Waals surface area contributed by atoms with Crippen molar-refractivity contribution in [2.24, 2.45) is 5.92 Å². The van der Waals surface area contributed by atoms with Crippen LogP contribution in [0.15, 0.2) is 90.5 Å². The maximum atomic E-state index is 12.9. The lowest BCUT2D eigenvalue weighted by Crippen LogP contribution is -2.44. The summed E-state index contributed by atoms with van der Waals surface area (Å²) in [6.07, 6.45) is 2.97. The minimum absolute atomic E-state index is 0.0741. The summed E-state index contributed by atoms with van der Waals surface area (Å²) >= 11 is 0. The van der Waals surface area contributed by atoms with Crippen molar-refractivity contribution in [1.29, 1.82) is 0 Å². The molecule has 5 heteroatoms. The summed E-state index contributed by atoms with van der Waals surface area (Å²) in [5.41, 5.74) is 3.17. The summed E-state index contributed by atoms with van der Waals surface area (Å²) in [5.74, 6) is -0.766. The molecule has 1 aliphatic heterocycles. The van der Waals surface area contributed by atoms with E-state index in [2.05, 4.69) is 4.90 Å². The number of carboxylic acids is 1. The molecule has 3 aromatic carbocycles. The molecular weight excluding hydrogens is 474 g/mol. The zero-order chi connectivity index (χ0) is 27.1. The normalized spacial score (nSPS) is 15.7. The summed E-state index contributed by atoms with van der Waals surface area (Å²) in [6, 6.07) is 27.2. The number of carboxylic acid groups (broad SMARTS) is 1. The average Bonchev–Trinajstić information content (AvgIpc) is 2.97. The number of rotatable bonds is 10.